The van der Waals surface area contributed by atoms with Crippen LogP contribution in [0.3, 0.4) is 0 Å². The Morgan fingerprint density at radius 1 is 0.931 bits per heavy atom. The van der Waals surface area contributed by atoms with Gasteiger partial charge < -0.3 is 0 Å². The van der Waals surface area contributed by atoms with E-state index in [2.05, 4.69) is 56.9 Å². The topological polar surface area (TPSA) is 33.2 Å². The average molecular weight is 387 g/mol. The number of pyridine rings is 1. The zero-order chi connectivity index (χ0) is 20.8. The number of hydrogen-bond donors (Lipinski definition) is 0. The van der Waals surface area contributed by atoms with Crippen LogP contribution in [0.15, 0.2) is 54.7 Å². The van der Waals surface area contributed by atoms with Gasteiger partial charge in [-0.25, -0.2) is 0 Å². The Kier molecular flexibility index (Phi) is 4.72. The summed E-state index contributed by atoms with van der Waals surface area (Å²) in [5, 5.41) is 1.04. The highest BCUT2D eigenvalue weighted by Gasteiger charge is 2.37. The van der Waals surface area contributed by atoms with E-state index < -0.39 is 0 Å². The first-order valence-corrected chi connectivity index (χ1v) is 10.6. The van der Waals surface area contributed by atoms with Crippen molar-refractivity contribution in [2.45, 2.75) is 64.7 Å². The van der Waals surface area contributed by atoms with Crippen molar-refractivity contribution in [3.05, 3.63) is 65.9 Å². The molecule has 1 aliphatic rings. The standard InChI is InChI=1S/C26H30N2O/c1-6-24(29)28(20-15-18-9-7-8-10-23(18)27-17-20)19-11-12-21-22(16-19)26(4,5)14-13-25(21,2)3/h7-12,15-17H,6,13-14H2,1-5H3. The molecule has 1 aromatic heterocycles. The second-order valence-electron chi connectivity index (χ2n) is 9.47. The number of carbonyl (C=O) groups is 1. The van der Waals surface area contributed by atoms with Gasteiger partial charge in [0.2, 0.25) is 5.91 Å². The maximum atomic E-state index is 13.0. The summed E-state index contributed by atoms with van der Waals surface area (Å²) >= 11 is 0. The van der Waals surface area contributed by atoms with Gasteiger partial charge >= 0.3 is 0 Å². The number of carbonyl (C=O) groups excluding carboxylic acids is 1. The van der Waals surface area contributed by atoms with Gasteiger partial charge in [0, 0.05) is 17.5 Å². The van der Waals surface area contributed by atoms with Gasteiger partial charge in [-0.2, -0.15) is 0 Å². The molecule has 0 N–H and O–H groups in total. The van der Waals surface area contributed by atoms with E-state index in [0.29, 0.717) is 6.42 Å². The predicted molar refractivity (Wildman–Crippen MR) is 121 cm³/mol. The molecule has 0 saturated heterocycles. The van der Waals surface area contributed by atoms with E-state index in [4.69, 9.17) is 0 Å². The number of amides is 1. The lowest BCUT2D eigenvalue weighted by Crippen LogP contribution is -2.34. The van der Waals surface area contributed by atoms with Crippen molar-refractivity contribution >= 4 is 28.2 Å². The maximum absolute atomic E-state index is 13.0. The predicted octanol–water partition coefficient (Wildman–Crippen LogP) is 6.66. The first-order chi connectivity index (χ1) is 13.7. The summed E-state index contributed by atoms with van der Waals surface area (Å²) in [5.74, 6) is 0.0786. The molecule has 1 heterocycles. The van der Waals surface area contributed by atoms with E-state index in [-0.39, 0.29) is 16.7 Å². The number of fused-ring (bicyclic) bond motifs is 2. The molecule has 1 aliphatic carbocycles. The van der Waals surface area contributed by atoms with Crippen molar-refractivity contribution in [1.82, 2.24) is 4.98 Å². The lowest BCUT2D eigenvalue weighted by molar-refractivity contribution is -0.117. The third-order valence-corrected chi connectivity index (χ3v) is 6.48. The molecule has 0 radical (unpaired) electrons. The van der Waals surface area contributed by atoms with Gasteiger partial charge in [-0.1, -0.05) is 58.9 Å². The Labute approximate surface area is 173 Å². The first-order valence-electron chi connectivity index (χ1n) is 10.6. The molecule has 29 heavy (non-hydrogen) atoms. The second-order valence-corrected chi connectivity index (χ2v) is 9.47. The van der Waals surface area contributed by atoms with Gasteiger partial charge in [-0.15, -0.1) is 0 Å². The fraction of sp³-hybridized carbons (Fsp3) is 0.385. The Bertz CT molecular complexity index is 1080. The molecule has 0 saturated carbocycles. The van der Waals surface area contributed by atoms with Crippen LogP contribution in [0.1, 0.15) is 65.0 Å². The molecule has 3 aromatic rings. The van der Waals surface area contributed by atoms with Crippen molar-refractivity contribution in [3.63, 3.8) is 0 Å². The SMILES string of the molecule is CCC(=O)N(c1ccc2c(c1)C(C)(C)CCC2(C)C)c1cnc2ccccc2c1. The van der Waals surface area contributed by atoms with Crippen LogP contribution >= 0.6 is 0 Å². The summed E-state index contributed by atoms with van der Waals surface area (Å²) in [4.78, 5) is 19.4. The van der Waals surface area contributed by atoms with Gasteiger partial charge in [0.15, 0.2) is 0 Å². The van der Waals surface area contributed by atoms with Crippen molar-refractivity contribution < 1.29 is 4.79 Å². The summed E-state index contributed by atoms with van der Waals surface area (Å²) in [6, 6.07) is 16.7. The van der Waals surface area contributed by atoms with Gasteiger partial charge in [0.05, 0.1) is 17.4 Å². The van der Waals surface area contributed by atoms with Crippen LogP contribution < -0.4 is 4.90 Å². The number of aromatic nitrogens is 1. The average Bonchev–Trinajstić information content (AvgIpc) is 2.71. The van der Waals surface area contributed by atoms with Crippen LogP contribution in [0.25, 0.3) is 10.9 Å². The molecule has 0 bridgehead atoms. The fourth-order valence-corrected chi connectivity index (χ4v) is 4.49. The highest BCUT2D eigenvalue weighted by Crippen LogP contribution is 2.47. The third-order valence-electron chi connectivity index (χ3n) is 6.48. The molecular weight excluding hydrogens is 356 g/mol. The number of nitrogens with zero attached hydrogens (tertiary/aromatic N) is 2. The zero-order valence-electron chi connectivity index (χ0n) is 18.1. The number of anilines is 2. The quantitative estimate of drug-likeness (QED) is 0.504. The molecule has 0 aliphatic heterocycles. The Balaban J connectivity index is 1.87. The first kappa shape index (κ1) is 19.6. The zero-order valence-corrected chi connectivity index (χ0v) is 18.1. The van der Waals surface area contributed by atoms with Gasteiger partial charge in [0.1, 0.15) is 0 Å². The van der Waals surface area contributed by atoms with Gasteiger partial charge in [-0.05, 0) is 59.1 Å². The molecule has 2 aromatic carbocycles. The Morgan fingerprint density at radius 2 is 1.62 bits per heavy atom. The molecule has 0 fully saturated rings. The van der Waals surface area contributed by atoms with Crippen LogP contribution in [-0.4, -0.2) is 10.9 Å². The molecule has 1 amide bonds. The Morgan fingerprint density at radius 3 is 2.34 bits per heavy atom. The largest absolute Gasteiger partial charge is 0.279 e. The number of para-hydroxylation sites is 1. The van der Waals surface area contributed by atoms with Crippen molar-refractivity contribution in [2.24, 2.45) is 0 Å². The molecule has 0 spiro atoms. The number of hydrogen-bond acceptors (Lipinski definition) is 2. The molecule has 3 nitrogen and oxygen atoms in total. The van der Waals surface area contributed by atoms with E-state index >= 15 is 0 Å². The second kappa shape index (κ2) is 6.98. The fourth-order valence-electron chi connectivity index (χ4n) is 4.49. The van der Waals surface area contributed by atoms with Crippen LogP contribution in [0.2, 0.25) is 0 Å². The minimum atomic E-state index is 0.0786. The summed E-state index contributed by atoms with van der Waals surface area (Å²) in [5.41, 5.74) is 5.71. The third kappa shape index (κ3) is 3.43. The molecular formula is C26H30N2O. The smallest absolute Gasteiger partial charge is 0.231 e. The van der Waals surface area contributed by atoms with E-state index in [9.17, 15) is 4.79 Å². The van der Waals surface area contributed by atoms with Crippen LogP contribution in [0.4, 0.5) is 11.4 Å². The van der Waals surface area contributed by atoms with Crippen molar-refractivity contribution in [1.29, 1.82) is 0 Å². The van der Waals surface area contributed by atoms with E-state index in [1.54, 1.807) is 0 Å². The maximum Gasteiger partial charge on any atom is 0.231 e. The van der Waals surface area contributed by atoms with Crippen LogP contribution in [-0.2, 0) is 15.6 Å². The van der Waals surface area contributed by atoms with E-state index in [0.717, 1.165) is 28.7 Å². The molecule has 0 unspecified atom stereocenters. The van der Waals surface area contributed by atoms with Crippen molar-refractivity contribution in [3.8, 4) is 0 Å². The minimum absolute atomic E-state index is 0.0786. The van der Waals surface area contributed by atoms with Crippen molar-refractivity contribution in [2.75, 3.05) is 4.90 Å². The molecule has 4 rings (SSSR count). The van der Waals surface area contributed by atoms with E-state index in [1.807, 2.05) is 42.3 Å². The number of rotatable bonds is 3. The lowest BCUT2D eigenvalue weighted by Gasteiger charge is -2.42. The van der Waals surface area contributed by atoms with E-state index in [1.165, 1.54) is 17.5 Å². The number of benzene rings is 2. The molecule has 3 heteroatoms. The molecule has 0 atom stereocenters. The summed E-state index contributed by atoms with van der Waals surface area (Å²) < 4.78 is 0. The van der Waals surface area contributed by atoms with Crippen LogP contribution in [0.5, 0.6) is 0 Å². The molecule has 150 valence electrons. The normalized spacial score (nSPS) is 17.0. The monoisotopic (exact) mass is 386 g/mol. The summed E-state index contributed by atoms with van der Waals surface area (Å²) in [6.45, 7) is 11.2. The van der Waals surface area contributed by atoms with Crippen LogP contribution in [0, 0.1) is 0 Å². The lowest BCUT2D eigenvalue weighted by atomic mass is 9.63. The Hall–Kier alpha value is -2.68. The highest BCUT2D eigenvalue weighted by molar-refractivity contribution is 6.01. The van der Waals surface area contributed by atoms with Gasteiger partial charge in [0.25, 0.3) is 0 Å². The summed E-state index contributed by atoms with van der Waals surface area (Å²) in [7, 11) is 0. The highest BCUT2D eigenvalue weighted by atomic mass is 16.2. The summed E-state index contributed by atoms with van der Waals surface area (Å²) in [6.07, 6.45) is 4.58. The van der Waals surface area contributed by atoms with Gasteiger partial charge in [-0.3, -0.25) is 14.7 Å². The minimum Gasteiger partial charge on any atom is -0.279 e.